The van der Waals surface area contributed by atoms with Crippen molar-refractivity contribution < 1.29 is 19.1 Å². The SMILES string of the molecule is CCNC(=O)COc1ccc(NC(=O)CCc2c(-c3ccc(OC)cc3)[nH]c3ccccc23)cc1. The molecule has 0 bridgehead atoms. The third kappa shape index (κ3) is 6.00. The average Bonchev–Trinajstić information content (AvgIpc) is 3.26. The molecule has 7 heteroatoms. The van der Waals surface area contributed by atoms with E-state index < -0.39 is 0 Å². The van der Waals surface area contributed by atoms with Crippen molar-refractivity contribution >= 4 is 28.4 Å². The van der Waals surface area contributed by atoms with Crippen molar-refractivity contribution in [2.75, 3.05) is 25.6 Å². The van der Waals surface area contributed by atoms with Gasteiger partial charge in [-0.25, -0.2) is 0 Å². The molecule has 4 rings (SSSR count). The first-order valence-corrected chi connectivity index (χ1v) is 11.6. The number of anilines is 1. The molecule has 0 aliphatic heterocycles. The summed E-state index contributed by atoms with van der Waals surface area (Å²) in [6.07, 6.45) is 0.922. The van der Waals surface area contributed by atoms with E-state index in [1.54, 1.807) is 31.4 Å². The number of aromatic nitrogens is 1. The molecule has 3 N–H and O–H groups in total. The van der Waals surface area contributed by atoms with E-state index in [1.165, 1.54) is 0 Å². The highest BCUT2D eigenvalue weighted by Gasteiger charge is 2.15. The molecule has 180 valence electrons. The monoisotopic (exact) mass is 471 g/mol. The maximum atomic E-state index is 12.7. The van der Waals surface area contributed by atoms with Crippen LogP contribution in [0.5, 0.6) is 11.5 Å². The first-order valence-electron chi connectivity index (χ1n) is 11.6. The van der Waals surface area contributed by atoms with E-state index >= 15 is 0 Å². The van der Waals surface area contributed by atoms with Gasteiger partial charge in [0.15, 0.2) is 6.61 Å². The zero-order chi connectivity index (χ0) is 24.6. The molecule has 3 aromatic carbocycles. The number of fused-ring (bicyclic) bond motifs is 1. The number of aryl methyl sites for hydroxylation is 1. The first-order chi connectivity index (χ1) is 17.1. The molecule has 0 saturated carbocycles. The molecule has 2 amide bonds. The number of H-pyrrole nitrogens is 1. The minimum Gasteiger partial charge on any atom is -0.497 e. The van der Waals surface area contributed by atoms with Crippen LogP contribution < -0.4 is 20.1 Å². The Bertz CT molecular complexity index is 1290. The predicted molar refractivity (Wildman–Crippen MR) is 138 cm³/mol. The number of carbonyl (C=O) groups is 2. The fourth-order valence-corrected chi connectivity index (χ4v) is 3.96. The van der Waals surface area contributed by atoms with Crippen LogP contribution >= 0.6 is 0 Å². The highest BCUT2D eigenvalue weighted by atomic mass is 16.5. The number of aromatic amines is 1. The third-order valence-corrected chi connectivity index (χ3v) is 5.68. The van der Waals surface area contributed by atoms with E-state index in [4.69, 9.17) is 9.47 Å². The fourth-order valence-electron chi connectivity index (χ4n) is 3.96. The lowest BCUT2D eigenvalue weighted by molar-refractivity contribution is -0.123. The second kappa shape index (κ2) is 11.2. The zero-order valence-electron chi connectivity index (χ0n) is 19.9. The average molecular weight is 472 g/mol. The van der Waals surface area contributed by atoms with E-state index in [9.17, 15) is 9.59 Å². The van der Waals surface area contributed by atoms with E-state index in [0.717, 1.165) is 33.5 Å². The van der Waals surface area contributed by atoms with Crippen molar-refractivity contribution in [2.24, 2.45) is 0 Å². The number of amides is 2. The fraction of sp³-hybridized carbons (Fsp3) is 0.214. The van der Waals surface area contributed by atoms with Crippen LogP contribution in [-0.2, 0) is 16.0 Å². The Morgan fingerprint density at radius 2 is 1.60 bits per heavy atom. The van der Waals surface area contributed by atoms with Crippen molar-refractivity contribution in [2.45, 2.75) is 19.8 Å². The summed E-state index contributed by atoms with van der Waals surface area (Å²) in [6, 6.07) is 23.0. The van der Waals surface area contributed by atoms with Crippen LogP contribution in [0.4, 0.5) is 5.69 Å². The predicted octanol–water partition coefficient (Wildman–Crippen LogP) is 4.93. The van der Waals surface area contributed by atoms with Crippen LogP contribution in [0.15, 0.2) is 72.8 Å². The number of hydrogen-bond donors (Lipinski definition) is 3. The van der Waals surface area contributed by atoms with Gasteiger partial charge in [0.2, 0.25) is 5.91 Å². The topological polar surface area (TPSA) is 92.5 Å². The molecular weight excluding hydrogens is 442 g/mol. The van der Waals surface area contributed by atoms with E-state index in [2.05, 4.69) is 21.7 Å². The lowest BCUT2D eigenvalue weighted by Gasteiger charge is -2.09. The van der Waals surface area contributed by atoms with E-state index in [1.807, 2.05) is 49.4 Å². The molecule has 0 radical (unpaired) electrons. The van der Waals surface area contributed by atoms with Gasteiger partial charge in [0.1, 0.15) is 11.5 Å². The lowest BCUT2D eigenvalue weighted by Crippen LogP contribution is -2.28. The number of likely N-dealkylation sites (N-methyl/N-ethyl adjacent to an activating group) is 1. The van der Waals surface area contributed by atoms with Crippen LogP contribution in [0.25, 0.3) is 22.2 Å². The number of carbonyl (C=O) groups excluding carboxylic acids is 2. The van der Waals surface area contributed by atoms with Crippen LogP contribution in [-0.4, -0.2) is 37.1 Å². The Morgan fingerprint density at radius 3 is 2.31 bits per heavy atom. The van der Waals surface area contributed by atoms with Gasteiger partial charge in [-0.2, -0.15) is 0 Å². The summed E-state index contributed by atoms with van der Waals surface area (Å²) in [5, 5.41) is 6.73. The smallest absolute Gasteiger partial charge is 0.257 e. The van der Waals surface area contributed by atoms with Gasteiger partial charge >= 0.3 is 0 Å². The molecule has 0 aliphatic carbocycles. The molecule has 7 nitrogen and oxygen atoms in total. The van der Waals surface area contributed by atoms with Crippen LogP contribution in [0.3, 0.4) is 0 Å². The van der Waals surface area contributed by atoms with Gasteiger partial charge in [-0.05, 0) is 79.1 Å². The number of ether oxygens (including phenoxy) is 2. The Morgan fingerprint density at radius 1 is 0.886 bits per heavy atom. The number of benzene rings is 3. The number of nitrogens with one attached hydrogen (secondary N) is 3. The van der Waals surface area contributed by atoms with Crippen molar-refractivity contribution in [1.29, 1.82) is 0 Å². The molecule has 0 saturated heterocycles. The first kappa shape index (κ1) is 23.9. The number of hydrogen-bond acceptors (Lipinski definition) is 4. The number of methoxy groups -OCH3 is 1. The third-order valence-electron chi connectivity index (χ3n) is 5.68. The molecule has 1 heterocycles. The highest BCUT2D eigenvalue weighted by molar-refractivity contribution is 5.94. The molecule has 0 unspecified atom stereocenters. The van der Waals surface area contributed by atoms with Gasteiger partial charge in [0.05, 0.1) is 7.11 Å². The van der Waals surface area contributed by atoms with Crippen molar-refractivity contribution in [3.8, 4) is 22.8 Å². The van der Waals surface area contributed by atoms with E-state index in [-0.39, 0.29) is 18.4 Å². The maximum absolute atomic E-state index is 12.7. The van der Waals surface area contributed by atoms with Crippen LogP contribution in [0, 0.1) is 0 Å². The van der Waals surface area contributed by atoms with Gasteiger partial charge in [-0.1, -0.05) is 18.2 Å². The summed E-state index contributed by atoms with van der Waals surface area (Å²) in [6.45, 7) is 2.38. The maximum Gasteiger partial charge on any atom is 0.257 e. The molecule has 35 heavy (non-hydrogen) atoms. The number of para-hydroxylation sites is 1. The van der Waals surface area contributed by atoms with Gasteiger partial charge in [-0.15, -0.1) is 0 Å². The minimum atomic E-state index is -0.170. The quantitative estimate of drug-likeness (QED) is 0.306. The molecule has 0 spiro atoms. The summed E-state index contributed by atoms with van der Waals surface area (Å²) in [5.41, 5.74) is 4.87. The second-order valence-corrected chi connectivity index (χ2v) is 8.07. The second-order valence-electron chi connectivity index (χ2n) is 8.07. The Labute approximate surface area is 204 Å². The highest BCUT2D eigenvalue weighted by Crippen LogP contribution is 2.32. The summed E-state index contributed by atoms with van der Waals surface area (Å²) in [7, 11) is 1.65. The summed E-state index contributed by atoms with van der Waals surface area (Å²) in [5.74, 6) is 1.12. The lowest BCUT2D eigenvalue weighted by atomic mass is 10.0. The molecule has 0 atom stereocenters. The largest absolute Gasteiger partial charge is 0.497 e. The summed E-state index contributed by atoms with van der Waals surface area (Å²) < 4.78 is 10.7. The van der Waals surface area contributed by atoms with E-state index in [0.29, 0.717) is 30.8 Å². The minimum absolute atomic E-state index is 0.0410. The van der Waals surface area contributed by atoms with Gasteiger partial charge < -0.3 is 25.1 Å². The molecule has 0 aliphatic rings. The van der Waals surface area contributed by atoms with Gasteiger partial charge in [0, 0.05) is 35.2 Å². The Kier molecular flexibility index (Phi) is 7.67. The molecule has 1 aromatic heterocycles. The van der Waals surface area contributed by atoms with Gasteiger partial charge in [0.25, 0.3) is 5.91 Å². The van der Waals surface area contributed by atoms with Crippen molar-refractivity contribution in [1.82, 2.24) is 10.3 Å². The van der Waals surface area contributed by atoms with Gasteiger partial charge in [-0.3, -0.25) is 9.59 Å². The van der Waals surface area contributed by atoms with Crippen LogP contribution in [0.1, 0.15) is 18.9 Å². The van der Waals surface area contributed by atoms with Crippen molar-refractivity contribution in [3.05, 3.63) is 78.4 Å². The summed E-state index contributed by atoms with van der Waals surface area (Å²) >= 11 is 0. The van der Waals surface area contributed by atoms with Crippen molar-refractivity contribution in [3.63, 3.8) is 0 Å². The Balaban J connectivity index is 1.42. The molecular formula is C28H29N3O4. The standard InChI is InChI=1S/C28H29N3O4/c1-3-29-27(33)18-35-22-14-10-20(11-15-22)30-26(32)17-16-24-23-6-4-5-7-25(23)31-28(24)19-8-12-21(34-2)13-9-19/h4-15,31H,3,16-18H2,1-2H3,(H,29,33)(H,30,32). The normalized spacial score (nSPS) is 10.7. The Hall–Kier alpha value is -4.26. The molecule has 4 aromatic rings. The summed E-state index contributed by atoms with van der Waals surface area (Å²) in [4.78, 5) is 27.8. The zero-order valence-corrected chi connectivity index (χ0v) is 19.9. The molecule has 0 fully saturated rings. The van der Waals surface area contributed by atoms with Crippen LogP contribution in [0.2, 0.25) is 0 Å². The number of rotatable bonds is 10.